The van der Waals surface area contributed by atoms with Gasteiger partial charge in [0.15, 0.2) is 0 Å². The van der Waals surface area contributed by atoms with Gasteiger partial charge in [0.2, 0.25) is 0 Å². The average Bonchev–Trinajstić information content (AvgIpc) is 3.18. The summed E-state index contributed by atoms with van der Waals surface area (Å²) in [5.74, 6) is -2.05. The molecule has 0 aliphatic carbocycles. The molecule has 1 aromatic carbocycles. The van der Waals surface area contributed by atoms with Crippen molar-refractivity contribution in [3.05, 3.63) is 35.9 Å². The van der Waals surface area contributed by atoms with E-state index in [2.05, 4.69) is 10.1 Å². The number of hydrogen-bond donors (Lipinski definition) is 5. The summed E-state index contributed by atoms with van der Waals surface area (Å²) < 4.78 is 4.52. The smallest absolute Gasteiger partial charge is 0.322 e. The van der Waals surface area contributed by atoms with Gasteiger partial charge in [0.05, 0.1) is 7.11 Å². The molecular weight excluding hydrogens is 390 g/mol. The van der Waals surface area contributed by atoms with E-state index in [1.807, 2.05) is 30.3 Å². The number of aliphatic carboxylic acids is 2. The SMILES string of the molecule is COC(=O)[C@@H](N)Cc1ccccc1.C[C@H](N)C(=O)O.Cl.O=C(O)[C@@H]1CCCN1. The summed E-state index contributed by atoms with van der Waals surface area (Å²) in [5, 5.41) is 19.1. The fourth-order valence-corrected chi connectivity index (χ4v) is 2.00. The standard InChI is InChI=1S/C10H13NO2.C5H9NO2.C3H7NO2.ClH/c1-13-10(12)9(11)7-8-5-3-2-4-6-8;7-5(8)4-2-1-3-6-4;1-2(4)3(5)6;/h2-6,9H,7,11H2,1H3;4,6H,1-3H2,(H,7,8);2H,4H2,1H3,(H,5,6);1H/t9-;4-;2-;/m000./s1. The van der Waals surface area contributed by atoms with Gasteiger partial charge in [0, 0.05) is 0 Å². The van der Waals surface area contributed by atoms with Crippen molar-refractivity contribution in [3.8, 4) is 0 Å². The molecule has 9 nitrogen and oxygen atoms in total. The Morgan fingerprint density at radius 2 is 1.75 bits per heavy atom. The number of nitrogens with two attached hydrogens (primary N) is 2. The molecule has 2 rings (SSSR count). The van der Waals surface area contributed by atoms with Crippen molar-refractivity contribution >= 4 is 30.3 Å². The number of nitrogens with one attached hydrogen (secondary N) is 1. The van der Waals surface area contributed by atoms with E-state index in [4.69, 9.17) is 21.7 Å². The van der Waals surface area contributed by atoms with Crippen molar-refractivity contribution < 1.29 is 29.3 Å². The van der Waals surface area contributed by atoms with Crippen LogP contribution in [-0.4, -0.2) is 59.9 Å². The van der Waals surface area contributed by atoms with Crippen LogP contribution in [0.1, 0.15) is 25.3 Å². The molecule has 0 amide bonds. The molecule has 10 heteroatoms. The molecular formula is C18H30ClN3O6. The van der Waals surface area contributed by atoms with Gasteiger partial charge in [-0.15, -0.1) is 12.4 Å². The van der Waals surface area contributed by atoms with Gasteiger partial charge in [-0.1, -0.05) is 30.3 Å². The molecule has 0 unspecified atom stereocenters. The summed E-state index contributed by atoms with van der Waals surface area (Å²) in [6, 6.07) is 8.06. The molecule has 1 aliphatic rings. The second kappa shape index (κ2) is 15.8. The number of ether oxygens (including phenoxy) is 1. The number of carbonyl (C=O) groups is 3. The second-order valence-corrected chi connectivity index (χ2v) is 5.93. The topological polar surface area (TPSA) is 165 Å². The van der Waals surface area contributed by atoms with Crippen molar-refractivity contribution in [2.75, 3.05) is 13.7 Å². The van der Waals surface area contributed by atoms with E-state index in [1.165, 1.54) is 14.0 Å². The fourth-order valence-electron chi connectivity index (χ4n) is 2.00. The van der Waals surface area contributed by atoms with Crippen molar-refractivity contribution in [1.29, 1.82) is 0 Å². The molecule has 0 spiro atoms. The minimum atomic E-state index is -0.963. The number of carbonyl (C=O) groups excluding carboxylic acids is 1. The van der Waals surface area contributed by atoms with Gasteiger partial charge in [-0.25, -0.2) is 0 Å². The Kier molecular flexibility index (Phi) is 15.8. The molecule has 1 fully saturated rings. The lowest BCUT2D eigenvalue weighted by Crippen LogP contribution is -2.33. The van der Waals surface area contributed by atoms with Gasteiger partial charge in [-0.3, -0.25) is 14.4 Å². The highest BCUT2D eigenvalue weighted by Crippen LogP contribution is 2.03. The zero-order valence-corrected chi connectivity index (χ0v) is 16.9. The molecule has 0 bridgehead atoms. The largest absolute Gasteiger partial charge is 0.480 e. The lowest BCUT2D eigenvalue weighted by atomic mass is 10.1. The van der Waals surface area contributed by atoms with Crippen LogP contribution in [0.5, 0.6) is 0 Å². The number of carboxylic acids is 2. The van der Waals surface area contributed by atoms with Crippen LogP contribution < -0.4 is 16.8 Å². The Bertz CT molecular complexity index is 580. The minimum Gasteiger partial charge on any atom is -0.480 e. The summed E-state index contributed by atoms with van der Waals surface area (Å²) >= 11 is 0. The van der Waals surface area contributed by atoms with Crippen molar-refractivity contribution in [2.45, 2.75) is 44.3 Å². The number of rotatable bonds is 5. The Morgan fingerprint density at radius 3 is 2.07 bits per heavy atom. The number of methoxy groups -OCH3 is 1. The van der Waals surface area contributed by atoms with Crippen LogP contribution in [0, 0.1) is 0 Å². The first kappa shape index (κ1) is 28.0. The molecule has 7 N–H and O–H groups in total. The summed E-state index contributed by atoms with van der Waals surface area (Å²) in [6.07, 6.45) is 2.31. The Labute approximate surface area is 170 Å². The van der Waals surface area contributed by atoms with Crippen LogP contribution in [0.3, 0.4) is 0 Å². The lowest BCUT2D eigenvalue weighted by Gasteiger charge is -2.08. The van der Waals surface area contributed by atoms with Crippen LogP contribution in [-0.2, 0) is 25.5 Å². The first-order valence-corrected chi connectivity index (χ1v) is 8.50. The fraction of sp³-hybridized carbons (Fsp3) is 0.500. The number of carboxylic acid groups (broad SMARTS) is 2. The Morgan fingerprint density at radius 1 is 1.21 bits per heavy atom. The number of halogens is 1. The molecule has 160 valence electrons. The third-order valence-electron chi connectivity index (χ3n) is 3.55. The number of benzene rings is 1. The molecule has 28 heavy (non-hydrogen) atoms. The van der Waals surface area contributed by atoms with Crippen LogP contribution in [0.25, 0.3) is 0 Å². The highest BCUT2D eigenvalue weighted by atomic mass is 35.5. The summed E-state index contributed by atoms with van der Waals surface area (Å²) in [6.45, 7) is 2.28. The predicted molar refractivity (Wildman–Crippen MR) is 107 cm³/mol. The van der Waals surface area contributed by atoms with Gasteiger partial charge in [0.25, 0.3) is 0 Å². The summed E-state index contributed by atoms with van der Waals surface area (Å²) in [7, 11) is 1.34. The van der Waals surface area contributed by atoms with Gasteiger partial charge < -0.3 is 31.7 Å². The maximum atomic E-state index is 11.0. The molecule has 0 aromatic heterocycles. The van der Waals surface area contributed by atoms with E-state index < -0.39 is 24.0 Å². The van der Waals surface area contributed by atoms with Crippen LogP contribution >= 0.6 is 12.4 Å². The third kappa shape index (κ3) is 13.0. The number of esters is 1. The number of hydrogen-bond acceptors (Lipinski definition) is 7. The Hall–Kier alpha value is -2.20. The first-order valence-electron chi connectivity index (χ1n) is 8.50. The van der Waals surface area contributed by atoms with Crippen molar-refractivity contribution in [2.24, 2.45) is 11.5 Å². The van der Waals surface area contributed by atoms with Gasteiger partial charge in [0.1, 0.15) is 18.1 Å². The zero-order valence-electron chi connectivity index (χ0n) is 16.0. The van der Waals surface area contributed by atoms with Crippen molar-refractivity contribution in [3.63, 3.8) is 0 Å². The predicted octanol–water partition coefficient (Wildman–Crippen LogP) is 0.392. The normalized spacial score (nSPS) is 16.6. The Balaban J connectivity index is 0. The summed E-state index contributed by atoms with van der Waals surface area (Å²) in [5.41, 5.74) is 11.5. The van der Waals surface area contributed by atoms with Gasteiger partial charge in [-0.05, 0) is 38.3 Å². The molecule has 0 saturated carbocycles. The summed E-state index contributed by atoms with van der Waals surface area (Å²) in [4.78, 5) is 30.7. The molecule has 1 aliphatic heterocycles. The highest BCUT2D eigenvalue weighted by Gasteiger charge is 2.20. The first-order chi connectivity index (χ1) is 12.7. The highest BCUT2D eigenvalue weighted by molar-refractivity contribution is 5.85. The van der Waals surface area contributed by atoms with E-state index in [0.717, 1.165) is 24.9 Å². The monoisotopic (exact) mass is 419 g/mol. The zero-order chi connectivity index (χ0) is 20.8. The van der Waals surface area contributed by atoms with Crippen LogP contribution in [0.15, 0.2) is 30.3 Å². The van der Waals surface area contributed by atoms with E-state index >= 15 is 0 Å². The maximum absolute atomic E-state index is 11.0. The minimum absolute atomic E-state index is 0. The second-order valence-electron chi connectivity index (χ2n) is 5.93. The van der Waals surface area contributed by atoms with Crippen LogP contribution in [0.4, 0.5) is 0 Å². The molecule has 1 saturated heterocycles. The van der Waals surface area contributed by atoms with Crippen molar-refractivity contribution in [1.82, 2.24) is 5.32 Å². The van der Waals surface area contributed by atoms with E-state index in [-0.39, 0.29) is 24.4 Å². The molecule has 0 radical (unpaired) electrons. The van der Waals surface area contributed by atoms with Gasteiger partial charge >= 0.3 is 17.9 Å². The lowest BCUT2D eigenvalue weighted by molar-refractivity contribution is -0.142. The molecule has 1 aromatic rings. The maximum Gasteiger partial charge on any atom is 0.322 e. The molecule has 3 atom stereocenters. The average molecular weight is 420 g/mol. The van der Waals surface area contributed by atoms with E-state index in [9.17, 15) is 14.4 Å². The quantitative estimate of drug-likeness (QED) is 0.424. The van der Waals surface area contributed by atoms with E-state index in [1.54, 1.807) is 0 Å². The van der Waals surface area contributed by atoms with Gasteiger partial charge in [-0.2, -0.15) is 0 Å². The van der Waals surface area contributed by atoms with E-state index in [0.29, 0.717) is 6.42 Å². The van der Waals surface area contributed by atoms with Crippen LogP contribution in [0.2, 0.25) is 0 Å². The third-order valence-corrected chi connectivity index (χ3v) is 3.55. The molecule has 1 heterocycles.